The highest BCUT2D eigenvalue weighted by Crippen LogP contribution is 2.21. The topological polar surface area (TPSA) is 93.2 Å². The Hall–Kier alpha value is -2.96. The van der Waals surface area contributed by atoms with Crippen molar-refractivity contribution in [2.24, 2.45) is 0 Å². The molecule has 0 atom stereocenters. The van der Waals surface area contributed by atoms with Crippen LogP contribution in [0.15, 0.2) is 30.3 Å². The summed E-state index contributed by atoms with van der Waals surface area (Å²) in [5, 5.41) is 6.12. The minimum absolute atomic E-state index is 0.254. The van der Waals surface area contributed by atoms with Crippen molar-refractivity contribution < 1.29 is 14.3 Å². The Morgan fingerprint density at radius 2 is 1.89 bits per heavy atom. The average molecular weight is 382 g/mol. The van der Waals surface area contributed by atoms with E-state index in [2.05, 4.69) is 20.6 Å². The molecule has 1 saturated carbocycles. The summed E-state index contributed by atoms with van der Waals surface area (Å²) in [6.45, 7) is 3.84. The minimum atomic E-state index is -0.475. The lowest BCUT2D eigenvalue weighted by molar-refractivity contribution is 0.0527. The standard InChI is InChI=1S/C21H26N4O3/c1-3-28-20(27)16-11-7-8-12-17(16)24-19(26)18-13-14(2)22-21(25-18)23-15-9-5-4-6-10-15/h7-8,11-13,15H,3-6,9-10H2,1-2H3,(H,24,26)(H,22,23,25). The highest BCUT2D eigenvalue weighted by molar-refractivity contribution is 6.07. The first-order valence-electron chi connectivity index (χ1n) is 9.76. The van der Waals surface area contributed by atoms with E-state index in [0.717, 1.165) is 12.8 Å². The number of benzene rings is 1. The molecule has 2 N–H and O–H groups in total. The number of nitrogens with one attached hydrogen (secondary N) is 2. The van der Waals surface area contributed by atoms with E-state index in [1.165, 1.54) is 19.3 Å². The average Bonchev–Trinajstić information content (AvgIpc) is 2.69. The number of aryl methyl sites for hydroxylation is 1. The van der Waals surface area contributed by atoms with E-state index in [1.54, 1.807) is 37.3 Å². The zero-order valence-corrected chi connectivity index (χ0v) is 16.3. The molecule has 0 spiro atoms. The van der Waals surface area contributed by atoms with Gasteiger partial charge >= 0.3 is 5.97 Å². The molecule has 0 saturated heterocycles. The molecule has 28 heavy (non-hydrogen) atoms. The third-order valence-electron chi connectivity index (χ3n) is 4.70. The maximum absolute atomic E-state index is 12.8. The molecule has 1 aromatic carbocycles. The summed E-state index contributed by atoms with van der Waals surface area (Å²) in [5.41, 5.74) is 1.66. The van der Waals surface area contributed by atoms with Crippen LogP contribution in [0, 0.1) is 6.92 Å². The number of carbonyl (C=O) groups excluding carboxylic acids is 2. The van der Waals surface area contributed by atoms with E-state index in [1.807, 2.05) is 6.92 Å². The van der Waals surface area contributed by atoms with Gasteiger partial charge in [-0.1, -0.05) is 31.4 Å². The minimum Gasteiger partial charge on any atom is -0.462 e. The van der Waals surface area contributed by atoms with Crippen LogP contribution >= 0.6 is 0 Å². The maximum atomic E-state index is 12.8. The van der Waals surface area contributed by atoms with Crippen molar-refractivity contribution in [2.75, 3.05) is 17.2 Å². The van der Waals surface area contributed by atoms with Crippen LogP contribution in [0.3, 0.4) is 0 Å². The second-order valence-corrected chi connectivity index (χ2v) is 6.92. The van der Waals surface area contributed by atoms with E-state index < -0.39 is 11.9 Å². The van der Waals surface area contributed by atoms with E-state index in [0.29, 0.717) is 28.9 Å². The van der Waals surface area contributed by atoms with Gasteiger partial charge in [0.05, 0.1) is 17.9 Å². The van der Waals surface area contributed by atoms with E-state index in [4.69, 9.17) is 4.74 Å². The van der Waals surface area contributed by atoms with Gasteiger partial charge in [-0.05, 0) is 44.9 Å². The lowest BCUT2D eigenvalue weighted by Crippen LogP contribution is -2.25. The number of ether oxygens (including phenoxy) is 1. The van der Waals surface area contributed by atoms with Crippen molar-refractivity contribution in [3.05, 3.63) is 47.3 Å². The second-order valence-electron chi connectivity index (χ2n) is 6.92. The Balaban J connectivity index is 1.77. The molecule has 1 heterocycles. The fourth-order valence-corrected chi connectivity index (χ4v) is 3.34. The number of hydrogen-bond donors (Lipinski definition) is 2. The van der Waals surface area contributed by atoms with Gasteiger partial charge in [0.25, 0.3) is 5.91 Å². The van der Waals surface area contributed by atoms with Crippen LogP contribution in [0.2, 0.25) is 0 Å². The number of rotatable bonds is 6. The van der Waals surface area contributed by atoms with Gasteiger partial charge in [0.15, 0.2) is 0 Å². The number of para-hydroxylation sites is 1. The molecule has 1 amide bonds. The molecule has 0 radical (unpaired) electrons. The van der Waals surface area contributed by atoms with Crippen LogP contribution in [0.1, 0.15) is 65.6 Å². The Morgan fingerprint density at radius 1 is 1.14 bits per heavy atom. The third kappa shape index (κ3) is 5.06. The van der Waals surface area contributed by atoms with Crippen LogP contribution < -0.4 is 10.6 Å². The quantitative estimate of drug-likeness (QED) is 0.735. The lowest BCUT2D eigenvalue weighted by atomic mass is 9.96. The predicted octanol–water partition coefficient (Wildman–Crippen LogP) is 3.96. The van der Waals surface area contributed by atoms with Crippen LogP contribution in [-0.4, -0.2) is 34.5 Å². The molecule has 0 bridgehead atoms. The number of carbonyl (C=O) groups is 2. The first-order chi connectivity index (χ1) is 13.6. The van der Waals surface area contributed by atoms with Gasteiger partial charge in [-0.15, -0.1) is 0 Å². The summed E-state index contributed by atoms with van der Waals surface area (Å²) in [6.07, 6.45) is 5.83. The van der Waals surface area contributed by atoms with Crippen molar-refractivity contribution in [1.29, 1.82) is 0 Å². The van der Waals surface area contributed by atoms with Gasteiger partial charge < -0.3 is 15.4 Å². The summed E-state index contributed by atoms with van der Waals surface area (Å²) < 4.78 is 5.05. The number of anilines is 2. The van der Waals surface area contributed by atoms with Crippen LogP contribution in [0.5, 0.6) is 0 Å². The molecule has 7 nitrogen and oxygen atoms in total. The Labute approximate surface area is 164 Å². The predicted molar refractivity (Wildman–Crippen MR) is 108 cm³/mol. The first kappa shape index (κ1) is 19.8. The zero-order chi connectivity index (χ0) is 19.9. The summed E-state index contributed by atoms with van der Waals surface area (Å²) in [5.74, 6) is -0.401. The summed E-state index contributed by atoms with van der Waals surface area (Å²) in [7, 11) is 0. The molecular weight excluding hydrogens is 356 g/mol. The normalized spacial score (nSPS) is 14.4. The van der Waals surface area contributed by atoms with Gasteiger partial charge in [0.1, 0.15) is 5.69 Å². The van der Waals surface area contributed by atoms with E-state index >= 15 is 0 Å². The van der Waals surface area contributed by atoms with Crippen molar-refractivity contribution >= 4 is 23.5 Å². The Morgan fingerprint density at radius 3 is 2.64 bits per heavy atom. The summed E-state index contributed by atoms with van der Waals surface area (Å²) in [4.78, 5) is 33.7. The van der Waals surface area contributed by atoms with Crippen LogP contribution in [-0.2, 0) is 4.74 Å². The molecule has 0 aliphatic heterocycles. The molecule has 1 aromatic heterocycles. The van der Waals surface area contributed by atoms with Crippen LogP contribution in [0.25, 0.3) is 0 Å². The summed E-state index contributed by atoms with van der Waals surface area (Å²) in [6, 6.07) is 8.74. The molecule has 2 aromatic rings. The molecule has 3 rings (SSSR count). The molecule has 1 fully saturated rings. The van der Waals surface area contributed by atoms with Gasteiger partial charge in [-0.3, -0.25) is 4.79 Å². The number of hydrogen-bond acceptors (Lipinski definition) is 6. The first-order valence-corrected chi connectivity index (χ1v) is 9.76. The number of amides is 1. The molecule has 0 unspecified atom stereocenters. The Kier molecular flexibility index (Phi) is 6.57. The number of esters is 1. The van der Waals surface area contributed by atoms with Gasteiger partial charge in [-0.2, -0.15) is 0 Å². The fraction of sp³-hybridized carbons (Fsp3) is 0.429. The van der Waals surface area contributed by atoms with Gasteiger partial charge in [0.2, 0.25) is 5.95 Å². The van der Waals surface area contributed by atoms with Crippen LogP contribution in [0.4, 0.5) is 11.6 Å². The van der Waals surface area contributed by atoms with E-state index in [9.17, 15) is 9.59 Å². The molecule has 1 aliphatic rings. The van der Waals surface area contributed by atoms with Gasteiger partial charge in [0, 0.05) is 11.7 Å². The van der Waals surface area contributed by atoms with Crippen molar-refractivity contribution in [3.63, 3.8) is 0 Å². The lowest BCUT2D eigenvalue weighted by Gasteiger charge is -2.23. The number of nitrogens with zero attached hydrogens (tertiary/aromatic N) is 2. The summed E-state index contributed by atoms with van der Waals surface area (Å²) >= 11 is 0. The number of aromatic nitrogens is 2. The molecular formula is C21H26N4O3. The molecule has 1 aliphatic carbocycles. The second kappa shape index (κ2) is 9.30. The largest absolute Gasteiger partial charge is 0.462 e. The Bertz CT molecular complexity index is 847. The SMILES string of the molecule is CCOC(=O)c1ccccc1NC(=O)c1cc(C)nc(NC2CCCCC2)n1. The van der Waals surface area contributed by atoms with Crippen molar-refractivity contribution in [3.8, 4) is 0 Å². The molecule has 7 heteroatoms. The smallest absolute Gasteiger partial charge is 0.340 e. The highest BCUT2D eigenvalue weighted by atomic mass is 16.5. The van der Waals surface area contributed by atoms with Gasteiger partial charge in [-0.25, -0.2) is 14.8 Å². The third-order valence-corrected chi connectivity index (χ3v) is 4.70. The monoisotopic (exact) mass is 382 g/mol. The molecule has 148 valence electrons. The fourth-order valence-electron chi connectivity index (χ4n) is 3.34. The van der Waals surface area contributed by atoms with Crippen molar-refractivity contribution in [2.45, 2.75) is 52.0 Å². The van der Waals surface area contributed by atoms with Crippen molar-refractivity contribution in [1.82, 2.24) is 9.97 Å². The van der Waals surface area contributed by atoms with E-state index in [-0.39, 0.29) is 12.3 Å². The highest BCUT2D eigenvalue weighted by Gasteiger charge is 2.18. The maximum Gasteiger partial charge on any atom is 0.340 e. The zero-order valence-electron chi connectivity index (χ0n) is 16.3.